The molecule has 3 atom stereocenters. The summed E-state index contributed by atoms with van der Waals surface area (Å²) in [5, 5.41) is 18.1. The first-order valence-electron chi connectivity index (χ1n) is 14.9. The smallest absolute Gasteiger partial charge is 0.252 e. The number of nitrogens with one attached hydrogen (secondary N) is 3. The van der Waals surface area contributed by atoms with Crippen LogP contribution in [0.5, 0.6) is 5.75 Å². The largest absolute Gasteiger partial charge is 0.497 e. The van der Waals surface area contributed by atoms with Crippen LogP contribution in [-0.2, 0) is 25.8 Å². The molecule has 238 valence electrons. The normalized spacial score (nSPS) is 15.9. The molecule has 10 nitrogen and oxygen atoms in total. The molecule has 4 N–H and O–H groups in total. The minimum Gasteiger partial charge on any atom is -0.497 e. The SMILES string of the molecule is COc1ccc(S(=O)(=O)C(NC[C@@H](O)C(Cc2ccccc2)N(NC(=O)CNC2CC2)C(=O)CC(C)(C)C)C(C)C)cc1. The number of ether oxygens (including phenoxy) is 1. The van der Waals surface area contributed by atoms with Crippen LogP contribution in [0.25, 0.3) is 0 Å². The number of aliphatic hydroxyl groups is 1. The second kappa shape index (κ2) is 15.1. The van der Waals surface area contributed by atoms with Gasteiger partial charge in [-0.2, -0.15) is 0 Å². The first-order valence-corrected chi connectivity index (χ1v) is 16.4. The number of hydrogen-bond donors (Lipinski definition) is 4. The molecule has 11 heteroatoms. The summed E-state index contributed by atoms with van der Waals surface area (Å²) in [6.45, 7) is 9.29. The molecule has 43 heavy (non-hydrogen) atoms. The van der Waals surface area contributed by atoms with E-state index >= 15 is 0 Å². The van der Waals surface area contributed by atoms with Gasteiger partial charge in [0.15, 0.2) is 9.84 Å². The summed E-state index contributed by atoms with van der Waals surface area (Å²) in [5.74, 6) is -0.506. The number of aliphatic hydroxyl groups excluding tert-OH is 1. The van der Waals surface area contributed by atoms with Crippen molar-refractivity contribution in [3.8, 4) is 5.75 Å². The zero-order valence-electron chi connectivity index (χ0n) is 26.2. The molecule has 0 saturated heterocycles. The Morgan fingerprint density at radius 3 is 2.21 bits per heavy atom. The van der Waals surface area contributed by atoms with Crippen LogP contribution < -0.4 is 20.8 Å². The number of nitrogens with zero attached hydrogens (tertiary/aromatic N) is 1. The molecule has 0 bridgehead atoms. The second-order valence-corrected chi connectivity index (χ2v) is 14.9. The van der Waals surface area contributed by atoms with Gasteiger partial charge in [0.2, 0.25) is 5.91 Å². The standard InChI is InChI=1S/C32H48N4O6S/c1-22(2)31(43(40,41)26-16-14-25(42-6)15-17-26)34-20-28(37)27(18-23-10-8-7-9-11-23)36(30(39)19-32(3,4)5)35-29(38)21-33-24-12-13-24/h7-11,14-17,22,24,27-28,31,33-34,37H,12-13,18-21H2,1-6H3,(H,35,38)/t27?,28-,31?/m1/s1. The van der Waals surface area contributed by atoms with Gasteiger partial charge < -0.3 is 15.2 Å². The van der Waals surface area contributed by atoms with Crippen molar-refractivity contribution in [2.75, 3.05) is 20.2 Å². The molecule has 0 heterocycles. The Morgan fingerprint density at radius 1 is 1.05 bits per heavy atom. The molecule has 2 unspecified atom stereocenters. The van der Waals surface area contributed by atoms with E-state index in [0.29, 0.717) is 11.8 Å². The van der Waals surface area contributed by atoms with Crippen molar-refractivity contribution >= 4 is 21.7 Å². The van der Waals surface area contributed by atoms with E-state index in [9.17, 15) is 23.1 Å². The molecule has 1 fully saturated rings. The van der Waals surface area contributed by atoms with Gasteiger partial charge in [0, 0.05) is 19.0 Å². The maximum absolute atomic E-state index is 13.7. The lowest BCUT2D eigenvalue weighted by Gasteiger charge is -2.37. The van der Waals surface area contributed by atoms with E-state index in [-0.39, 0.29) is 54.0 Å². The third-order valence-electron chi connectivity index (χ3n) is 7.24. The van der Waals surface area contributed by atoms with E-state index in [1.165, 1.54) is 24.3 Å². The lowest BCUT2D eigenvalue weighted by molar-refractivity contribution is -0.149. The zero-order chi connectivity index (χ0) is 31.8. The van der Waals surface area contributed by atoms with Crippen LogP contribution in [0.15, 0.2) is 59.5 Å². The van der Waals surface area contributed by atoms with Gasteiger partial charge in [-0.3, -0.25) is 20.3 Å². The summed E-state index contributed by atoms with van der Waals surface area (Å²) in [7, 11) is -2.32. The Balaban J connectivity index is 1.88. The van der Waals surface area contributed by atoms with Gasteiger partial charge in [0.05, 0.1) is 30.7 Å². The number of rotatable bonds is 15. The predicted octanol–water partition coefficient (Wildman–Crippen LogP) is 3.06. The molecular weight excluding hydrogens is 568 g/mol. The Hall–Kier alpha value is -2.99. The van der Waals surface area contributed by atoms with Crippen LogP contribution >= 0.6 is 0 Å². The van der Waals surface area contributed by atoms with Crippen LogP contribution in [0, 0.1) is 11.3 Å². The van der Waals surface area contributed by atoms with E-state index in [2.05, 4.69) is 16.1 Å². The second-order valence-electron chi connectivity index (χ2n) is 12.8. The lowest BCUT2D eigenvalue weighted by atomic mass is 9.91. The summed E-state index contributed by atoms with van der Waals surface area (Å²) in [5.41, 5.74) is 3.25. The van der Waals surface area contributed by atoms with Gasteiger partial charge in [-0.25, -0.2) is 13.4 Å². The fourth-order valence-electron chi connectivity index (χ4n) is 4.81. The molecule has 2 aromatic rings. The number of carbonyl (C=O) groups is 2. The van der Waals surface area contributed by atoms with Crippen molar-refractivity contribution in [2.24, 2.45) is 11.3 Å². The number of sulfone groups is 1. The van der Waals surface area contributed by atoms with E-state index < -0.39 is 27.4 Å². The molecule has 1 aliphatic carbocycles. The molecule has 0 radical (unpaired) electrons. The number of hydrazine groups is 1. The molecule has 1 saturated carbocycles. The van der Waals surface area contributed by atoms with Gasteiger partial charge in [-0.05, 0) is 60.4 Å². The molecule has 2 amide bonds. The average Bonchev–Trinajstić information content (AvgIpc) is 3.78. The average molecular weight is 617 g/mol. The minimum absolute atomic E-state index is 0.0475. The van der Waals surface area contributed by atoms with Crippen molar-refractivity contribution in [1.29, 1.82) is 0 Å². The number of methoxy groups -OCH3 is 1. The molecule has 0 spiro atoms. The summed E-state index contributed by atoms with van der Waals surface area (Å²) in [6, 6.07) is 15.0. The molecule has 3 rings (SSSR count). The first kappa shape index (κ1) is 34.5. The maximum atomic E-state index is 13.7. The highest BCUT2D eigenvalue weighted by Gasteiger charge is 2.36. The minimum atomic E-state index is -3.83. The topological polar surface area (TPSA) is 137 Å². The van der Waals surface area contributed by atoms with Gasteiger partial charge in [0.25, 0.3) is 5.91 Å². The van der Waals surface area contributed by atoms with Gasteiger partial charge in [0.1, 0.15) is 11.1 Å². The Bertz CT molecular complexity index is 1290. The van der Waals surface area contributed by atoms with Crippen molar-refractivity contribution < 1.29 is 27.9 Å². The molecule has 0 aliphatic heterocycles. The van der Waals surface area contributed by atoms with Gasteiger partial charge in [-0.1, -0.05) is 65.0 Å². The van der Waals surface area contributed by atoms with E-state index in [4.69, 9.17) is 4.74 Å². The number of amides is 2. The molecule has 2 aromatic carbocycles. The van der Waals surface area contributed by atoms with Crippen molar-refractivity contribution in [3.05, 3.63) is 60.2 Å². The first-order chi connectivity index (χ1) is 20.2. The van der Waals surface area contributed by atoms with Crippen LogP contribution in [0.4, 0.5) is 0 Å². The highest BCUT2D eigenvalue weighted by Crippen LogP contribution is 2.24. The Kier molecular flexibility index (Phi) is 12.1. The molecule has 0 aromatic heterocycles. The van der Waals surface area contributed by atoms with Crippen molar-refractivity contribution in [3.63, 3.8) is 0 Å². The van der Waals surface area contributed by atoms with E-state index in [0.717, 1.165) is 18.4 Å². The Labute approximate surface area is 256 Å². The van der Waals surface area contributed by atoms with Gasteiger partial charge in [-0.15, -0.1) is 0 Å². The van der Waals surface area contributed by atoms with E-state index in [1.807, 2.05) is 51.1 Å². The third kappa shape index (κ3) is 10.6. The summed E-state index contributed by atoms with van der Waals surface area (Å²) >= 11 is 0. The number of benzene rings is 2. The predicted molar refractivity (Wildman–Crippen MR) is 167 cm³/mol. The van der Waals surface area contributed by atoms with Gasteiger partial charge >= 0.3 is 0 Å². The lowest BCUT2D eigenvalue weighted by Crippen LogP contribution is -2.60. The number of hydrogen-bond acceptors (Lipinski definition) is 8. The molecule has 1 aliphatic rings. The van der Waals surface area contributed by atoms with Crippen LogP contribution in [0.1, 0.15) is 59.4 Å². The highest BCUT2D eigenvalue weighted by atomic mass is 32.2. The van der Waals surface area contributed by atoms with Crippen molar-refractivity contribution in [1.82, 2.24) is 21.1 Å². The van der Waals surface area contributed by atoms with Crippen LogP contribution in [0.3, 0.4) is 0 Å². The summed E-state index contributed by atoms with van der Waals surface area (Å²) in [6.07, 6.45) is 1.19. The quantitative estimate of drug-likeness (QED) is 0.224. The maximum Gasteiger partial charge on any atom is 0.252 e. The summed E-state index contributed by atoms with van der Waals surface area (Å²) in [4.78, 5) is 26.8. The Morgan fingerprint density at radius 2 is 1.67 bits per heavy atom. The van der Waals surface area contributed by atoms with E-state index in [1.54, 1.807) is 26.0 Å². The summed E-state index contributed by atoms with van der Waals surface area (Å²) < 4.78 is 32.4. The number of carbonyl (C=O) groups excluding carboxylic acids is 2. The monoisotopic (exact) mass is 616 g/mol. The fraction of sp³-hybridized carbons (Fsp3) is 0.562. The third-order valence-corrected chi connectivity index (χ3v) is 9.55. The van der Waals surface area contributed by atoms with Crippen LogP contribution in [0.2, 0.25) is 0 Å². The highest BCUT2D eigenvalue weighted by molar-refractivity contribution is 7.92. The zero-order valence-corrected chi connectivity index (χ0v) is 27.0. The van der Waals surface area contributed by atoms with Crippen LogP contribution in [-0.4, -0.2) is 74.1 Å². The fourth-order valence-corrected chi connectivity index (χ4v) is 6.65. The van der Waals surface area contributed by atoms with Crippen molar-refractivity contribution in [2.45, 2.75) is 88.8 Å². The molecular formula is C32H48N4O6S.